The van der Waals surface area contributed by atoms with Crippen molar-refractivity contribution >= 4 is 34.0 Å². The van der Waals surface area contributed by atoms with Crippen LogP contribution in [0.3, 0.4) is 0 Å². The zero-order valence-corrected chi connectivity index (χ0v) is 19.6. The molecule has 1 aliphatic rings. The number of para-hydroxylation sites is 2. The van der Waals surface area contributed by atoms with Crippen LogP contribution < -0.4 is 14.4 Å². The molecular weight excluding hydrogens is 444 g/mol. The maximum absolute atomic E-state index is 13.4. The third-order valence-corrected chi connectivity index (χ3v) is 6.36. The van der Waals surface area contributed by atoms with Crippen molar-refractivity contribution in [2.24, 2.45) is 7.05 Å². The van der Waals surface area contributed by atoms with Crippen molar-refractivity contribution in [2.75, 3.05) is 19.1 Å². The van der Waals surface area contributed by atoms with Crippen LogP contribution in [0.15, 0.2) is 84.6 Å². The number of hydrogen-bond donors (Lipinski definition) is 1. The number of hydrogen-bond acceptors (Lipinski definition) is 5. The lowest BCUT2D eigenvalue weighted by molar-refractivity contribution is -0.132. The fourth-order valence-electron chi connectivity index (χ4n) is 4.71. The zero-order valence-electron chi connectivity index (χ0n) is 19.6. The van der Waals surface area contributed by atoms with Gasteiger partial charge in [0.05, 0.1) is 25.8 Å². The number of ketones is 1. The van der Waals surface area contributed by atoms with E-state index in [0.717, 1.165) is 16.5 Å². The summed E-state index contributed by atoms with van der Waals surface area (Å²) in [5.41, 5.74) is 2.63. The number of amides is 1. The maximum atomic E-state index is 13.4. The predicted octanol–water partition coefficient (Wildman–Crippen LogP) is 4.82. The summed E-state index contributed by atoms with van der Waals surface area (Å²) >= 11 is 0. The quantitative estimate of drug-likeness (QED) is 0.258. The van der Waals surface area contributed by atoms with Crippen molar-refractivity contribution < 1.29 is 24.2 Å². The summed E-state index contributed by atoms with van der Waals surface area (Å²) in [5.74, 6) is -0.842. The van der Waals surface area contributed by atoms with Gasteiger partial charge < -0.3 is 19.1 Å². The minimum atomic E-state index is -0.823. The molecular formula is C28H24N2O5. The number of ether oxygens (including phenoxy) is 2. The molecule has 1 fully saturated rings. The number of methoxy groups -OCH3 is 2. The number of aryl methyl sites for hydroxylation is 1. The van der Waals surface area contributed by atoms with Crippen LogP contribution in [-0.4, -0.2) is 35.6 Å². The fraction of sp³-hybridized carbons (Fsp3) is 0.143. The van der Waals surface area contributed by atoms with Gasteiger partial charge in [-0.2, -0.15) is 0 Å². The Morgan fingerprint density at radius 1 is 0.886 bits per heavy atom. The number of benzene rings is 3. The number of carbonyl (C=O) groups is 2. The molecule has 176 valence electrons. The lowest BCUT2D eigenvalue weighted by atomic mass is 9.94. The van der Waals surface area contributed by atoms with Crippen molar-refractivity contribution in [3.63, 3.8) is 0 Å². The van der Waals surface area contributed by atoms with Crippen LogP contribution >= 0.6 is 0 Å². The van der Waals surface area contributed by atoms with Crippen LogP contribution in [0.2, 0.25) is 0 Å². The number of rotatable bonds is 5. The van der Waals surface area contributed by atoms with Gasteiger partial charge in [0.25, 0.3) is 11.7 Å². The van der Waals surface area contributed by atoms with E-state index in [4.69, 9.17) is 9.47 Å². The Labute approximate surface area is 202 Å². The maximum Gasteiger partial charge on any atom is 0.300 e. The molecule has 7 nitrogen and oxygen atoms in total. The number of aromatic nitrogens is 1. The molecule has 2 heterocycles. The summed E-state index contributed by atoms with van der Waals surface area (Å²) in [6.45, 7) is 0. The van der Waals surface area contributed by atoms with E-state index in [1.54, 1.807) is 30.3 Å². The van der Waals surface area contributed by atoms with Crippen LogP contribution in [0.25, 0.3) is 16.7 Å². The van der Waals surface area contributed by atoms with E-state index in [2.05, 4.69) is 0 Å². The lowest BCUT2D eigenvalue weighted by Crippen LogP contribution is -2.29. The normalized spacial score (nSPS) is 17.2. The monoisotopic (exact) mass is 468 g/mol. The highest BCUT2D eigenvalue weighted by molar-refractivity contribution is 6.51. The molecule has 1 amide bonds. The number of anilines is 1. The average Bonchev–Trinajstić information content (AvgIpc) is 3.36. The first kappa shape index (κ1) is 22.3. The SMILES string of the molecule is COc1ccc(/C(O)=C2\C(=O)C(=O)N(c3ccccc3)C2c2cn(C)c3ccccc23)cc1OC. The van der Waals surface area contributed by atoms with E-state index < -0.39 is 17.7 Å². The van der Waals surface area contributed by atoms with Gasteiger partial charge in [0, 0.05) is 41.0 Å². The molecule has 0 spiro atoms. The van der Waals surface area contributed by atoms with E-state index in [1.807, 2.05) is 60.3 Å². The van der Waals surface area contributed by atoms with Crippen LogP contribution in [0.5, 0.6) is 11.5 Å². The van der Waals surface area contributed by atoms with Gasteiger partial charge in [-0.25, -0.2) is 0 Å². The molecule has 0 saturated carbocycles. The summed E-state index contributed by atoms with van der Waals surface area (Å²) in [6.07, 6.45) is 1.90. The van der Waals surface area contributed by atoms with Gasteiger partial charge in [0.1, 0.15) is 5.76 Å². The Kier molecular flexibility index (Phi) is 5.53. The zero-order chi connectivity index (χ0) is 24.7. The molecule has 4 aromatic rings. The standard InChI is InChI=1S/C28H24N2O5/c1-29-16-20(19-11-7-8-12-21(19)29)25-24(26(31)17-13-14-22(34-2)23(15-17)35-3)27(32)28(33)30(25)18-9-5-4-6-10-18/h4-16,25,31H,1-3H3/b26-24+. The molecule has 1 atom stereocenters. The Morgan fingerprint density at radius 3 is 2.29 bits per heavy atom. The molecule has 7 heteroatoms. The van der Waals surface area contributed by atoms with Gasteiger partial charge in [0.15, 0.2) is 11.5 Å². The minimum absolute atomic E-state index is 0.0161. The lowest BCUT2D eigenvalue weighted by Gasteiger charge is -2.25. The topological polar surface area (TPSA) is 81.0 Å². The van der Waals surface area contributed by atoms with E-state index >= 15 is 0 Å². The number of aliphatic hydroxyl groups excluding tert-OH is 1. The summed E-state index contributed by atoms with van der Waals surface area (Å²) in [6, 6.07) is 20.8. The Hall–Kier alpha value is -4.52. The van der Waals surface area contributed by atoms with Crippen LogP contribution in [0.4, 0.5) is 5.69 Å². The fourth-order valence-corrected chi connectivity index (χ4v) is 4.71. The summed E-state index contributed by atoms with van der Waals surface area (Å²) in [7, 11) is 4.92. The van der Waals surface area contributed by atoms with E-state index in [1.165, 1.54) is 19.1 Å². The first-order valence-electron chi connectivity index (χ1n) is 11.1. The number of fused-ring (bicyclic) bond motifs is 1. The smallest absolute Gasteiger partial charge is 0.300 e. The molecule has 0 bridgehead atoms. The third-order valence-electron chi connectivity index (χ3n) is 6.36. The van der Waals surface area contributed by atoms with Crippen LogP contribution in [0, 0.1) is 0 Å². The van der Waals surface area contributed by atoms with E-state index in [-0.39, 0.29) is 11.3 Å². The van der Waals surface area contributed by atoms with Gasteiger partial charge in [-0.05, 0) is 36.4 Å². The molecule has 5 rings (SSSR count). The van der Waals surface area contributed by atoms with Gasteiger partial charge >= 0.3 is 0 Å². The van der Waals surface area contributed by atoms with Gasteiger partial charge in [-0.1, -0.05) is 36.4 Å². The van der Waals surface area contributed by atoms with E-state index in [0.29, 0.717) is 22.7 Å². The predicted molar refractivity (Wildman–Crippen MR) is 134 cm³/mol. The summed E-state index contributed by atoms with van der Waals surface area (Å²) in [5, 5.41) is 12.3. The first-order chi connectivity index (χ1) is 17.0. The second-order valence-electron chi connectivity index (χ2n) is 8.29. The molecule has 1 aliphatic heterocycles. The molecule has 0 aliphatic carbocycles. The molecule has 1 unspecified atom stereocenters. The molecule has 1 saturated heterocycles. The number of carbonyl (C=O) groups excluding carboxylic acids is 2. The van der Waals surface area contributed by atoms with Crippen molar-refractivity contribution in [3.05, 3.63) is 95.7 Å². The Balaban J connectivity index is 1.79. The highest BCUT2D eigenvalue weighted by Crippen LogP contribution is 2.45. The largest absolute Gasteiger partial charge is 0.507 e. The average molecular weight is 469 g/mol. The van der Waals surface area contributed by atoms with Crippen molar-refractivity contribution in [1.29, 1.82) is 0 Å². The minimum Gasteiger partial charge on any atom is -0.507 e. The molecule has 35 heavy (non-hydrogen) atoms. The molecule has 0 radical (unpaired) electrons. The third kappa shape index (κ3) is 3.52. The van der Waals surface area contributed by atoms with Gasteiger partial charge in [-0.3, -0.25) is 14.5 Å². The molecule has 1 N–H and O–H groups in total. The van der Waals surface area contributed by atoms with Crippen molar-refractivity contribution in [2.45, 2.75) is 6.04 Å². The van der Waals surface area contributed by atoms with Crippen LogP contribution in [0.1, 0.15) is 17.2 Å². The van der Waals surface area contributed by atoms with E-state index in [9.17, 15) is 14.7 Å². The van der Waals surface area contributed by atoms with Crippen molar-refractivity contribution in [1.82, 2.24) is 4.57 Å². The summed E-state index contributed by atoms with van der Waals surface area (Å²) < 4.78 is 12.6. The number of aliphatic hydroxyl groups is 1. The second-order valence-corrected chi connectivity index (χ2v) is 8.29. The molecule has 3 aromatic carbocycles. The number of nitrogens with zero attached hydrogens (tertiary/aromatic N) is 2. The Bertz CT molecular complexity index is 1490. The van der Waals surface area contributed by atoms with Crippen LogP contribution in [-0.2, 0) is 16.6 Å². The summed E-state index contributed by atoms with van der Waals surface area (Å²) in [4.78, 5) is 28.3. The van der Waals surface area contributed by atoms with Gasteiger partial charge in [-0.15, -0.1) is 0 Å². The first-order valence-corrected chi connectivity index (χ1v) is 11.1. The van der Waals surface area contributed by atoms with Gasteiger partial charge in [0.2, 0.25) is 0 Å². The second kappa shape index (κ2) is 8.68. The number of Topliss-reactive ketones (excluding diaryl/α,β-unsaturated/α-hetero) is 1. The molecule has 1 aromatic heterocycles. The highest BCUT2D eigenvalue weighted by atomic mass is 16.5. The highest BCUT2D eigenvalue weighted by Gasteiger charge is 2.47. The Morgan fingerprint density at radius 2 is 1.57 bits per heavy atom. The van der Waals surface area contributed by atoms with Crippen molar-refractivity contribution in [3.8, 4) is 11.5 Å².